The molecule has 4 heterocycles. The van der Waals surface area contributed by atoms with Crippen molar-refractivity contribution >= 4 is 0 Å². The van der Waals surface area contributed by atoms with Crippen LogP contribution in [0.4, 0.5) is 0 Å². The zero-order chi connectivity index (χ0) is 32.9. The molecule has 266 valence electrons. The predicted octanol–water partition coefficient (Wildman–Crippen LogP) is 0.498. The molecule has 11 atom stereocenters. The zero-order valence-electron chi connectivity index (χ0n) is 29.6. The molecule has 12 nitrogen and oxygen atoms in total. The SMILES string of the molecule is CCN1CNC(N)C2NCN([C@@H]3O[C@H](CN(C(C)C)C4CC(CCC5NC6CC(C(C)(C)COC)CCC6N5C)C4)[C@@H](O)[C@H]3O)C21. The number of nitrogens with zero attached hydrogens (tertiary/aromatic N) is 4. The summed E-state index contributed by atoms with van der Waals surface area (Å²) < 4.78 is 12.1. The van der Waals surface area contributed by atoms with E-state index in [0.717, 1.165) is 19.1 Å². The minimum Gasteiger partial charge on any atom is -0.387 e. The van der Waals surface area contributed by atoms with E-state index >= 15 is 0 Å². The lowest BCUT2D eigenvalue weighted by Gasteiger charge is -2.46. The maximum absolute atomic E-state index is 11.2. The Labute approximate surface area is 278 Å². The first-order valence-corrected chi connectivity index (χ1v) is 18.4. The van der Waals surface area contributed by atoms with E-state index in [2.05, 4.69) is 77.2 Å². The van der Waals surface area contributed by atoms with Gasteiger partial charge in [-0.15, -0.1) is 0 Å². The molecule has 0 radical (unpaired) electrons. The fourth-order valence-corrected chi connectivity index (χ4v) is 10.00. The Kier molecular flexibility index (Phi) is 11.1. The van der Waals surface area contributed by atoms with Crippen molar-refractivity contribution in [3.05, 3.63) is 0 Å². The van der Waals surface area contributed by atoms with Crippen LogP contribution in [0.15, 0.2) is 0 Å². The molecule has 2 aliphatic carbocycles. The molecule has 0 bridgehead atoms. The van der Waals surface area contributed by atoms with E-state index in [0.29, 0.717) is 56.1 Å². The van der Waals surface area contributed by atoms with Gasteiger partial charge in [-0.25, -0.2) is 4.90 Å². The van der Waals surface area contributed by atoms with Crippen molar-refractivity contribution in [1.82, 2.24) is 35.6 Å². The molecule has 6 fully saturated rings. The van der Waals surface area contributed by atoms with Crippen LogP contribution < -0.4 is 21.7 Å². The molecule has 46 heavy (non-hydrogen) atoms. The number of ether oxygens (including phenoxy) is 2. The van der Waals surface area contributed by atoms with Gasteiger partial charge in [-0.2, -0.15) is 0 Å². The highest BCUT2D eigenvalue weighted by molar-refractivity contribution is 5.04. The van der Waals surface area contributed by atoms with Crippen molar-refractivity contribution in [3.8, 4) is 0 Å². The fraction of sp³-hybridized carbons (Fsp3) is 1.00. The Morgan fingerprint density at radius 2 is 1.83 bits per heavy atom. The summed E-state index contributed by atoms with van der Waals surface area (Å²) in [6, 6.07) is 2.11. The van der Waals surface area contributed by atoms with Gasteiger partial charge in [0.2, 0.25) is 0 Å². The summed E-state index contributed by atoms with van der Waals surface area (Å²) >= 11 is 0. The number of rotatable bonds is 12. The van der Waals surface area contributed by atoms with Crippen molar-refractivity contribution in [2.75, 3.05) is 47.2 Å². The molecule has 7 N–H and O–H groups in total. The number of hydrogen-bond acceptors (Lipinski definition) is 12. The van der Waals surface area contributed by atoms with Crippen LogP contribution in [-0.4, -0.2) is 150 Å². The van der Waals surface area contributed by atoms with E-state index in [-0.39, 0.29) is 23.8 Å². The van der Waals surface area contributed by atoms with Gasteiger partial charge in [0.15, 0.2) is 0 Å². The minimum atomic E-state index is -0.959. The largest absolute Gasteiger partial charge is 0.387 e. The molecular formula is C34H66N8O4. The highest BCUT2D eigenvalue weighted by atomic mass is 16.6. The van der Waals surface area contributed by atoms with Gasteiger partial charge in [0.05, 0.1) is 44.5 Å². The first-order valence-electron chi connectivity index (χ1n) is 18.4. The standard InChI is InChI=1S/C34H66N8O4/c1-8-40-18-37-31(35)28-32(40)42(19-36-28)33-30(44)29(43)26(46-33)16-41(20(2)3)23-13-21(14-23)9-12-27-38-24-15-22(34(4,5)17-45-7)10-11-25(24)39(27)6/h20-33,36-38,43-44H,8-19,35H2,1-7H3/t21?,22?,23?,24?,25?,26-,27?,28?,29-,30-,31?,32?,33-/m1/s1. The van der Waals surface area contributed by atoms with Crippen molar-refractivity contribution in [2.24, 2.45) is 23.0 Å². The van der Waals surface area contributed by atoms with Crippen LogP contribution in [0.1, 0.15) is 79.6 Å². The summed E-state index contributed by atoms with van der Waals surface area (Å²) in [6.07, 6.45) is 6.11. The van der Waals surface area contributed by atoms with Crippen LogP contribution in [0, 0.1) is 17.3 Å². The molecule has 0 aromatic heterocycles. The van der Waals surface area contributed by atoms with Gasteiger partial charge in [-0.05, 0) is 89.6 Å². The van der Waals surface area contributed by atoms with Crippen molar-refractivity contribution in [3.63, 3.8) is 0 Å². The number of hydrogen-bond donors (Lipinski definition) is 6. The van der Waals surface area contributed by atoms with Crippen LogP contribution in [-0.2, 0) is 9.47 Å². The lowest BCUT2D eigenvalue weighted by Crippen LogP contribution is -2.69. The topological polar surface area (TPSA) is 134 Å². The van der Waals surface area contributed by atoms with E-state index in [9.17, 15) is 10.2 Å². The monoisotopic (exact) mass is 651 g/mol. The maximum Gasteiger partial charge on any atom is 0.142 e. The third-order valence-electron chi connectivity index (χ3n) is 13.0. The second-order valence-corrected chi connectivity index (χ2v) is 16.5. The molecule has 4 saturated heterocycles. The predicted molar refractivity (Wildman–Crippen MR) is 179 cm³/mol. The van der Waals surface area contributed by atoms with E-state index < -0.39 is 24.5 Å². The summed E-state index contributed by atoms with van der Waals surface area (Å²) in [5.74, 6) is 1.45. The Morgan fingerprint density at radius 3 is 2.52 bits per heavy atom. The van der Waals surface area contributed by atoms with E-state index in [1.807, 2.05) is 7.11 Å². The van der Waals surface area contributed by atoms with Crippen molar-refractivity contribution in [1.29, 1.82) is 0 Å². The lowest BCUT2D eigenvalue weighted by molar-refractivity contribution is -0.133. The normalized spacial score (nSPS) is 44.2. The highest BCUT2D eigenvalue weighted by Crippen LogP contribution is 2.43. The first kappa shape index (κ1) is 35.3. The van der Waals surface area contributed by atoms with Gasteiger partial charge in [-0.3, -0.25) is 30.7 Å². The Balaban J connectivity index is 0.984. The summed E-state index contributed by atoms with van der Waals surface area (Å²) in [5, 5.41) is 33.3. The molecule has 12 heteroatoms. The molecular weight excluding hydrogens is 584 g/mol. The fourth-order valence-electron chi connectivity index (χ4n) is 10.00. The summed E-state index contributed by atoms with van der Waals surface area (Å²) in [5.41, 5.74) is 6.60. The second-order valence-electron chi connectivity index (χ2n) is 16.5. The third kappa shape index (κ3) is 6.81. The minimum absolute atomic E-state index is 0.0155. The quantitative estimate of drug-likeness (QED) is 0.176. The van der Waals surface area contributed by atoms with Crippen LogP contribution in [0.2, 0.25) is 0 Å². The third-order valence-corrected chi connectivity index (χ3v) is 13.0. The van der Waals surface area contributed by atoms with Gasteiger partial charge in [0.25, 0.3) is 0 Å². The van der Waals surface area contributed by atoms with Crippen LogP contribution in [0.25, 0.3) is 0 Å². The van der Waals surface area contributed by atoms with Gasteiger partial charge in [0, 0.05) is 37.8 Å². The molecule has 0 aromatic carbocycles. The van der Waals surface area contributed by atoms with Gasteiger partial charge in [-0.1, -0.05) is 20.8 Å². The van der Waals surface area contributed by atoms with Crippen molar-refractivity contribution in [2.45, 2.75) is 153 Å². The number of nitrogens with two attached hydrogens (primary N) is 1. The lowest BCUT2D eigenvalue weighted by atomic mass is 9.69. The first-order chi connectivity index (χ1) is 21.9. The Morgan fingerprint density at radius 1 is 1.07 bits per heavy atom. The molecule has 0 amide bonds. The Bertz CT molecular complexity index is 1000. The second kappa shape index (κ2) is 14.4. The van der Waals surface area contributed by atoms with E-state index in [1.165, 1.54) is 44.9 Å². The molecule has 0 spiro atoms. The molecule has 6 aliphatic rings. The van der Waals surface area contributed by atoms with Gasteiger partial charge >= 0.3 is 0 Å². The summed E-state index contributed by atoms with van der Waals surface area (Å²) in [6.45, 7) is 15.0. The number of aliphatic hydroxyl groups excluding tert-OH is 2. The molecule has 0 aromatic rings. The van der Waals surface area contributed by atoms with Gasteiger partial charge < -0.3 is 25.4 Å². The number of nitrogens with one attached hydrogen (secondary N) is 3. The van der Waals surface area contributed by atoms with Crippen molar-refractivity contribution < 1.29 is 19.7 Å². The van der Waals surface area contributed by atoms with Crippen LogP contribution >= 0.6 is 0 Å². The summed E-state index contributed by atoms with van der Waals surface area (Å²) in [7, 11) is 4.16. The molecule has 2 saturated carbocycles. The summed E-state index contributed by atoms with van der Waals surface area (Å²) in [4.78, 5) is 9.62. The number of likely N-dealkylation sites (N-methyl/N-ethyl adjacent to an activating group) is 2. The average molecular weight is 651 g/mol. The molecule has 6 rings (SSSR count). The van der Waals surface area contributed by atoms with E-state index in [4.69, 9.17) is 15.2 Å². The van der Waals surface area contributed by atoms with E-state index in [1.54, 1.807) is 0 Å². The molecule has 4 aliphatic heterocycles. The number of aliphatic hydroxyl groups is 2. The Hall–Kier alpha value is -0.480. The van der Waals surface area contributed by atoms with Crippen LogP contribution in [0.3, 0.4) is 0 Å². The average Bonchev–Trinajstić information content (AvgIpc) is 3.66. The number of methoxy groups -OCH3 is 1. The zero-order valence-corrected chi connectivity index (χ0v) is 29.6. The number of fused-ring (bicyclic) bond motifs is 2. The van der Waals surface area contributed by atoms with Gasteiger partial charge in [0.1, 0.15) is 24.5 Å². The smallest absolute Gasteiger partial charge is 0.142 e. The van der Waals surface area contributed by atoms with Crippen LogP contribution in [0.5, 0.6) is 0 Å². The highest BCUT2D eigenvalue weighted by Gasteiger charge is 2.54. The molecule has 7 unspecified atom stereocenters. The maximum atomic E-state index is 11.2.